The van der Waals surface area contributed by atoms with E-state index in [0.29, 0.717) is 17.2 Å². The van der Waals surface area contributed by atoms with E-state index in [4.69, 9.17) is 0 Å². The Bertz CT molecular complexity index is 526. The molecule has 2 saturated heterocycles. The Kier molecular flexibility index (Phi) is 6.97. The number of rotatable bonds is 3. The summed E-state index contributed by atoms with van der Waals surface area (Å²) in [5.41, 5.74) is 0.371. The maximum Gasteiger partial charge on any atom is 0.226 e. The number of hydrogen-bond acceptors (Lipinski definition) is 4. The Balaban J connectivity index is 0.00000104. The van der Waals surface area contributed by atoms with Gasteiger partial charge in [-0.2, -0.15) is 0 Å². The van der Waals surface area contributed by atoms with Gasteiger partial charge >= 0.3 is 0 Å². The third-order valence-electron chi connectivity index (χ3n) is 5.73. The first kappa shape index (κ1) is 20.0. The lowest BCUT2D eigenvalue weighted by molar-refractivity contribution is -0.135. The second-order valence-electron chi connectivity index (χ2n) is 7.05. The molecule has 1 aromatic rings. The average Bonchev–Trinajstić information content (AvgIpc) is 2.99. The van der Waals surface area contributed by atoms with Gasteiger partial charge in [-0.05, 0) is 49.2 Å². The van der Waals surface area contributed by atoms with Gasteiger partial charge in [0.05, 0.1) is 0 Å². The molecule has 1 atom stereocenters. The largest absolute Gasteiger partial charge is 0.340 e. The van der Waals surface area contributed by atoms with Gasteiger partial charge in [-0.1, -0.05) is 6.07 Å². The molecule has 4 nitrogen and oxygen atoms in total. The van der Waals surface area contributed by atoms with Crippen LogP contribution in [0, 0.1) is 11.3 Å². The van der Waals surface area contributed by atoms with Crippen molar-refractivity contribution in [1.29, 1.82) is 0 Å². The van der Waals surface area contributed by atoms with E-state index in [-0.39, 0.29) is 24.8 Å². The summed E-state index contributed by atoms with van der Waals surface area (Å²) in [6, 6.07) is 4.32. The summed E-state index contributed by atoms with van der Waals surface area (Å²) in [7, 11) is 0. The summed E-state index contributed by atoms with van der Waals surface area (Å²) in [6.45, 7) is 7.09. The predicted molar refractivity (Wildman–Crippen MR) is 103 cm³/mol. The second-order valence-corrected chi connectivity index (χ2v) is 8.08. The van der Waals surface area contributed by atoms with E-state index < -0.39 is 0 Å². The predicted octanol–water partition coefficient (Wildman–Crippen LogP) is 2.63. The molecule has 1 saturated carbocycles. The van der Waals surface area contributed by atoms with Crippen LogP contribution in [-0.2, 0) is 11.3 Å². The molecule has 3 aliphatic rings. The van der Waals surface area contributed by atoms with Gasteiger partial charge in [0.15, 0.2) is 0 Å². The number of thiophene rings is 1. The van der Waals surface area contributed by atoms with Gasteiger partial charge < -0.3 is 10.2 Å². The number of nitrogens with one attached hydrogen (secondary N) is 1. The molecule has 1 N–H and O–H groups in total. The highest BCUT2D eigenvalue weighted by molar-refractivity contribution is 7.09. The van der Waals surface area contributed by atoms with E-state index in [1.54, 1.807) is 0 Å². The SMILES string of the molecule is Cl.Cl.O=C(C1CC12CCNCC2)N1CCN(Cc2cccs2)CC1. The number of hydrogen-bond donors (Lipinski definition) is 1. The van der Waals surface area contributed by atoms with Crippen molar-refractivity contribution in [3.05, 3.63) is 22.4 Å². The number of piperidine rings is 1. The molecular formula is C17H27Cl2N3OS. The van der Waals surface area contributed by atoms with Crippen LogP contribution >= 0.6 is 36.2 Å². The minimum atomic E-state index is 0. The molecule has 1 aliphatic carbocycles. The lowest BCUT2D eigenvalue weighted by Gasteiger charge is -2.35. The summed E-state index contributed by atoms with van der Waals surface area (Å²) >= 11 is 1.83. The van der Waals surface area contributed by atoms with Gasteiger partial charge in [0.1, 0.15) is 0 Å². The molecule has 0 bridgehead atoms. The first-order valence-electron chi connectivity index (χ1n) is 8.51. The maximum absolute atomic E-state index is 12.7. The molecule has 4 rings (SSSR count). The Morgan fingerprint density at radius 1 is 1.21 bits per heavy atom. The van der Waals surface area contributed by atoms with Crippen molar-refractivity contribution in [3.63, 3.8) is 0 Å². The maximum atomic E-state index is 12.7. The number of amides is 1. The van der Waals surface area contributed by atoms with Crippen LogP contribution < -0.4 is 5.32 Å². The number of carbonyl (C=O) groups is 1. The molecule has 1 unspecified atom stereocenters. The van der Waals surface area contributed by atoms with Gasteiger partial charge in [0.25, 0.3) is 0 Å². The number of piperazine rings is 1. The van der Waals surface area contributed by atoms with Gasteiger partial charge in [0.2, 0.25) is 5.91 Å². The third kappa shape index (κ3) is 4.07. The fourth-order valence-electron chi connectivity index (χ4n) is 4.14. The second kappa shape index (κ2) is 8.37. The van der Waals surface area contributed by atoms with Crippen LogP contribution in [0.15, 0.2) is 17.5 Å². The zero-order valence-electron chi connectivity index (χ0n) is 13.9. The summed E-state index contributed by atoms with van der Waals surface area (Å²) in [5, 5.41) is 5.56. The van der Waals surface area contributed by atoms with Crippen molar-refractivity contribution in [2.24, 2.45) is 11.3 Å². The molecule has 1 amide bonds. The summed E-state index contributed by atoms with van der Waals surface area (Å²) in [4.78, 5) is 18.8. The molecular weight excluding hydrogens is 365 g/mol. The Hall–Kier alpha value is -0.330. The minimum Gasteiger partial charge on any atom is -0.340 e. The molecule has 3 heterocycles. The standard InChI is InChI=1S/C17H25N3OS.2ClH/c21-16(15-12-17(15)3-5-18-6-4-17)20-9-7-19(8-10-20)13-14-2-1-11-22-14;;/h1-2,11,15,18H,3-10,12-13H2;2*1H. The number of nitrogens with zero attached hydrogens (tertiary/aromatic N) is 2. The topological polar surface area (TPSA) is 35.6 Å². The lowest BCUT2D eigenvalue weighted by Crippen LogP contribution is -2.49. The number of carbonyl (C=O) groups excluding carboxylic acids is 1. The molecule has 0 aromatic carbocycles. The van der Waals surface area contributed by atoms with Gasteiger partial charge in [-0.25, -0.2) is 0 Å². The van der Waals surface area contributed by atoms with E-state index in [1.807, 2.05) is 11.3 Å². The van der Waals surface area contributed by atoms with Gasteiger partial charge in [-0.15, -0.1) is 36.2 Å². The molecule has 24 heavy (non-hydrogen) atoms. The van der Waals surface area contributed by atoms with Gasteiger partial charge in [-0.3, -0.25) is 9.69 Å². The van der Waals surface area contributed by atoms with Crippen molar-refractivity contribution in [2.75, 3.05) is 39.3 Å². The summed E-state index contributed by atoms with van der Waals surface area (Å²) < 4.78 is 0. The van der Waals surface area contributed by atoms with Crippen LogP contribution in [0.3, 0.4) is 0 Å². The molecule has 3 fully saturated rings. The van der Waals surface area contributed by atoms with Crippen LogP contribution in [0.25, 0.3) is 0 Å². The highest BCUT2D eigenvalue weighted by Gasteiger charge is 2.58. The van der Waals surface area contributed by atoms with Gasteiger partial charge in [0, 0.05) is 43.5 Å². The van der Waals surface area contributed by atoms with Crippen LogP contribution in [-0.4, -0.2) is 55.0 Å². The van der Waals surface area contributed by atoms with E-state index in [2.05, 4.69) is 32.6 Å². The first-order chi connectivity index (χ1) is 10.8. The molecule has 136 valence electrons. The van der Waals surface area contributed by atoms with Crippen LogP contribution in [0.2, 0.25) is 0 Å². The average molecular weight is 392 g/mol. The summed E-state index contributed by atoms with van der Waals surface area (Å²) in [6.07, 6.45) is 3.53. The van der Waals surface area contributed by atoms with Crippen molar-refractivity contribution in [3.8, 4) is 0 Å². The van der Waals surface area contributed by atoms with Crippen LogP contribution in [0.4, 0.5) is 0 Å². The van der Waals surface area contributed by atoms with Crippen molar-refractivity contribution in [1.82, 2.24) is 15.1 Å². The molecule has 0 radical (unpaired) electrons. The van der Waals surface area contributed by atoms with E-state index >= 15 is 0 Å². The van der Waals surface area contributed by atoms with E-state index in [0.717, 1.165) is 52.2 Å². The highest BCUT2D eigenvalue weighted by atomic mass is 35.5. The number of halogens is 2. The van der Waals surface area contributed by atoms with Crippen LogP contribution in [0.5, 0.6) is 0 Å². The minimum absolute atomic E-state index is 0. The van der Waals surface area contributed by atoms with Crippen molar-refractivity contribution < 1.29 is 4.79 Å². The molecule has 2 aliphatic heterocycles. The quantitative estimate of drug-likeness (QED) is 0.859. The Labute approximate surface area is 160 Å². The summed E-state index contributed by atoms with van der Waals surface area (Å²) in [5.74, 6) is 0.774. The lowest BCUT2D eigenvalue weighted by atomic mass is 9.91. The molecule has 1 aromatic heterocycles. The normalized spacial score (nSPS) is 25.7. The van der Waals surface area contributed by atoms with Crippen LogP contribution in [0.1, 0.15) is 24.1 Å². The zero-order chi connectivity index (χ0) is 15.0. The van der Waals surface area contributed by atoms with Crippen molar-refractivity contribution >= 4 is 42.1 Å². The fourth-order valence-corrected chi connectivity index (χ4v) is 4.89. The third-order valence-corrected chi connectivity index (χ3v) is 6.59. The fraction of sp³-hybridized carbons (Fsp3) is 0.706. The highest BCUT2D eigenvalue weighted by Crippen LogP contribution is 2.59. The van der Waals surface area contributed by atoms with E-state index in [1.165, 1.54) is 17.7 Å². The first-order valence-corrected chi connectivity index (χ1v) is 9.39. The Morgan fingerprint density at radius 2 is 1.92 bits per heavy atom. The molecule has 7 heteroatoms. The smallest absolute Gasteiger partial charge is 0.226 e. The van der Waals surface area contributed by atoms with Crippen molar-refractivity contribution in [2.45, 2.75) is 25.8 Å². The zero-order valence-corrected chi connectivity index (χ0v) is 16.4. The van der Waals surface area contributed by atoms with E-state index in [9.17, 15) is 4.79 Å². The molecule has 1 spiro atoms. The monoisotopic (exact) mass is 391 g/mol. The Morgan fingerprint density at radius 3 is 2.54 bits per heavy atom.